The van der Waals surface area contributed by atoms with Gasteiger partial charge in [-0.05, 0) is 43.8 Å². The number of aliphatic hydroxyl groups is 1. The van der Waals surface area contributed by atoms with Crippen molar-refractivity contribution < 1.29 is 13.5 Å². The molecule has 0 aromatic heterocycles. The lowest BCUT2D eigenvalue weighted by molar-refractivity contribution is 0.317. The monoisotopic (exact) mass is 263 g/mol. The van der Waals surface area contributed by atoms with Gasteiger partial charge in [0.1, 0.15) is 0 Å². The van der Waals surface area contributed by atoms with Crippen LogP contribution in [0, 0.1) is 0 Å². The summed E-state index contributed by atoms with van der Waals surface area (Å²) in [6, 6.07) is 0. The van der Waals surface area contributed by atoms with E-state index in [0.717, 1.165) is 3.94 Å². The van der Waals surface area contributed by atoms with Crippen molar-refractivity contribution in [2.45, 2.75) is 25.8 Å². The van der Waals surface area contributed by atoms with Crippen molar-refractivity contribution in [1.82, 2.24) is 3.94 Å². The maximum atomic E-state index is 11.2. The van der Waals surface area contributed by atoms with E-state index in [1.165, 1.54) is 0 Å². The summed E-state index contributed by atoms with van der Waals surface area (Å²) in [5.74, 6) is -0.246. The summed E-state index contributed by atoms with van der Waals surface area (Å²) in [6.07, 6.45) is 0.322. The highest BCUT2D eigenvalue weighted by molar-refractivity contribution is 7.91. The third-order valence-electron chi connectivity index (χ3n) is 1.88. The van der Waals surface area contributed by atoms with Gasteiger partial charge in [-0.25, -0.2) is 8.42 Å². The van der Waals surface area contributed by atoms with Crippen LogP contribution in [0.5, 0.6) is 0 Å². The minimum Gasteiger partial charge on any atom is -0.395 e. The zero-order valence-electron chi connectivity index (χ0n) is 8.20. The number of hydrogen-bond acceptors (Lipinski definition) is 4. The fourth-order valence-electron chi connectivity index (χ4n) is 0.731. The van der Waals surface area contributed by atoms with Gasteiger partial charge < -0.3 is 5.11 Å². The van der Waals surface area contributed by atoms with Gasteiger partial charge in [0.25, 0.3) is 0 Å². The summed E-state index contributed by atoms with van der Waals surface area (Å²) in [4.78, 5) is 0. The molecule has 14 heavy (non-hydrogen) atoms. The third kappa shape index (κ3) is 5.36. The molecule has 0 aliphatic heterocycles. The van der Waals surface area contributed by atoms with Gasteiger partial charge in [-0.15, -0.1) is 3.94 Å². The van der Waals surface area contributed by atoms with E-state index in [-0.39, 0.29) is 18.1 Å². The molecule has 7 heteroatoms. The SMILES string of the molecule is CC(C)(CCS(=O)(=O)CCO)N(Cl)Cl. The van der Waals surface area contributed by atoms with Gasteiger partial charge in [-0.3, -0.25) is 0 Å². The van der Waals surface area contributed by atoms with Crippen molar-refractivity contribution in [3.8, 4) is 0 Å². The van der Waals surface area contributed by atoms with Crippen LogP contribution in [0.4, 0.5) is 0 Å². The highest BCUT2D eigenvalue weighted by atomic mass is 35.5. The van der Waals surface area contributed by atoms with Crippen molar-refractivity contribution >= 4 is 33.4 Å². The highest BCUT2D eigenvalue weighted by Gasteiger charge is 2.26. The van der Waals surface area contributed by atoms with Gasteiger partial charge in [0.15, 0.2) is 9.84 Å². The Bertz CT molecular complexity index is 264. The Labute approximate surface area is 94.9 Å². The molecule has 0 amide bonds. The third-order valence-corrected chi connectivity index (χ3v) is 4.43. The van der Waals surface area contributed by atoms with Crippen molar-refractivity contribution in [3.63, 3.8) is 0 Å². The molecule has 0 aliphatic carbocycles. The fourth-order valence-corrected chi connectivity index (χ4v) is 2.19. The van der Waals surface area contributed by atoms with Crippen LogP contribution >= 0.6 is 23.6 Å². The number of halogens is 2. The molecule has 0 aromatic carbocycles. The minimum atomic E-state index is -3.19. The number of aliphatic hydroxyl groups excluding tert-OH is 1. The summed E-state index contributed by atoms with van der Waals surface area (Å²) >= 11 is 11.1. The quantitative estimate of drug-likeness (QED) is 0.732. The Morgan fingerprint density at radius 2 is 1.79 bits per heavy atom. The second kappa shape index (κ2) is 5.51. The van der Waals surface area contributed by atoms with Gasteiger partial charge in [0.05, 0.1) is 18.1 Å². The molecule has 0 unspecified atom stereocenters. The first-order valence-corrected chi connectivity index (χ1v) is 6.64. The lowest BCUT2D eigenvalue weighted by atomic mass is 10.0. The summed E-state index contributed by atoms with van der Waals surface area (Å²) in [6.45, 7) is 3.12. The van der Waals surface area contributed by atoms with Crippen LogP contribution in [0.1, 0.15) is 20.3 Å². The highest BCUT2D eigenvalue weighted by Crippen LogP contribution is 2.23. The lowest BCUT2D eigenvalue weighted by Crippen LogP contribution is -2.33. The van der Waals surface area contributed by atoms with Crippen LogP contribution in [0.3, 0.4) is 0 Å². The molecule has 0 saturated heterocycles. The van der Waals surface area contributed by atoms with Crippen molar-refractivity contribution in [3.05, 3.63) is 0 Å². The van der Waals surface area contributed by atoms with E-state index >= 15 is 0 Å². The maximum Gasteiger partial charge on any atom is 0.152 e. The van der Waals surface area contributed by atoms with Crippen molar-refractivity contribution in [2.24, 2.45) is 0 Å². The van der Waals surface area contributed by atoms with E-state index < -0.39 is 15.4 Å². The van der Waals surface area contributed by atoms with Gasteiger partial charge >= 0.3 is 0 Å². The zero-order chi connectivity index (χ0) is 11.4. The molecule has 0 aliphatic rings. The predicted octanol–water partition coefficient (Wildman–Crippen LogP) is 1.17. The van der Waals surface area contributed by atoms with Crippen molar-refractivity contribution in [1.29, 1.82) is 0 Å². The van der Waals surface area contributed by atoms with Gasteiger partial charge in [-0.1, -0.05) is 0 Å². The number of rotatable bonds is 6. The first-order chi connectivity index (χ1) is 6.21. The summed E-state index contributed by atoms with van der Waals surface area (Å²) in [5.41, 5.74) is -0.592. The summed E-state index contributed by atoms with van der Waals surface area (Å²) in [7, 11) is -3.19. The average Bonchev–Trinajstić information content (AvgIpc) is 2.01. The Balaban J connectivity index is 4.19. The molecule has 0 saturated carbocycles. The Morgan fingerprint density at radius 1 is 1.29 bits per heavy atom. The zero-order valence-corrected chi connectivity index (χ0v) is 10.5. The smallest absolute Gasteiger partial charge is 0.152 e. The lowest BCUT2D eigenvalue weighted by Gasteiger charge is -2.27. The molecule has 0 spiro atoms. The molecule has 4 nitrogen and oxygen atoms in total. The first kappa shape index (κ1) is 14.5. The standard InChI is InChI=1S/C7H15Cl2NO3S/c1-7(2,10(8)9)3-5-14(12,13)6-4-11/h11H,3-6H2,1-2H3. The second-order valence-electron chi connectivity index (χ2n) is 3.67. The van der Waals surface area contributed by atoms with E-state index in [4.69, 9.17) is 28.7 Å². The average molecular weight is 264 g/mol. The predicted molar refractivity (Wildman–Crippen MR) is 58.0 cm³/mol. The van der Waals surface area contributed by atoms with Crippen LogP contribution in [0.2, 0.25) is 0 Å². The summed E-state index contributed by atoms with van der Waals surface area (Å²) < 4.78 is 23.4. The Morgan fingerprint density at radius 3 is 2.14 bits per heavy atom. The Kier molecular flexibility index (Phi) is 5.69. The first-order valence-electron chi connectivity index (χ1n) is 4.14. The van der Waals surface area contributed by atoms with Crippen LogP contribution in [-0.2, 0) is 9.84 Å². The molecule has 0 radical (unpaired) electrons. The van der Waals surface area contributed by atoms with E-state index in [1.54, 1.807) is 13.8 Å². The molecule has 0 bridgehead atoms. The molecule has 0 rings (SSSR count). The molecular formula is C7H15Cl2NO3S. The van der Waals surface area contributed by atoms with Crippen molar-refractivity contribution in [2.75, 3.05) is 18.1 Å². The summed E-state index contributed by atoms with van der Waals surface area (Å²) in [5, 5.41) is 8.50. The van der Waals surface area contributed by atoms with E-state index in [2.05, 4.69) is 0 Å². The number of nitrogens with zero attached hydrogens (tertiary/aromatic N) is 1. The molecule has 1 N–H and O–H groups in total. The van der Waals surface area contributed by atoms with Gasteiger partial charge in [0.2, 0.25) is 0 Å². The van der Waals surface area contributed by atoms with Crippen LogP contribution in [0.25, 0.3) is 0 Å². The van der Waals surface area contributed by atoms with Gasteiger partial charge in [-0.2, -0.15) is 0 Å². The van der Waals surface area contributed by atoms with E-state index in [1.807, 2.05) is 0 Å². The van der Waals surface area contributed by atoms with Crippen LogP contribution < -0.4 is 0 Å². The van der Waals surface area contributed by atoms with Crippen LogP contribution in [-0.4, -0.2) is 41.1 Å². The second-order valence-corrected chi connectivity index (χ2v) is 6.82. The topological polar surface area (TPSA) is 57.6 Å². The molecule has 0 fully saturated rings. The largest absolute Gasteiger partial charge is 0.395 e. The Hall–Kier alpha value is 0.450. The molecular weight excluding hydrogens is 249 g/mol. The number of sulfone groups is 1. The molecule has 0 atom stereocenters. The molecule has 0 heterocycles. The van der Waals surface area contributed by atoms with Gasteiger partial charge in [0, 0.05) is 5.54 Å². The van der Waals surface area contributed by atoms with Crippen LogP contribution in [0.15, 0.2) is 0 Å². The fraction of sp³-hybridized carbons (Fsp3) is 1.00. The van der Waals surface area contributed by atoms with E-state index in [0.29, 0.717) is 6.42 Å². The normalized spacial score (nSPS) is 13.6. The van der Waals surface area contributed by atoms with E-state index in [9.17, 15) is 8.42 Å². The molecule has 86 valence electrons. The minimum absolute atomic E-state index is 0.0312. The number of hydrogen-bond donors (Lipinski definition) is 1. The maximum absolute atomic E-state index is 11.2. The molecule has 0 aromatic rings.